The fourth-order valence-corrected chi connectivity index (χ4v) is 4.91. The number of amides is 3. The molecule has 0 aromatic carbocycles. The maximum atomic E-state index is 12.8. The van der Waals surface area contributed by atoms with Crippen LogP contribution in [0, 0.1) is 12.3 Å². The normalized spacial score (nSPS) is 23.5. The van der Waals surface area contributed by atoms with Crippen molar-refractivity contribution < 1.29 is 14.4 Å². The van der Waals surface area contributed by atoms with Gasteiger partial charge in [-0.15, -0.1) is 0 Å². The first kappa shape index (κ1) is 27.2. The van der Waals surface area contributed by atoms with Crippen molar-refractivity contribution in [1.29, 1.82) is 0 Å². The Morgan fingerprint density at radius 1 is 0.971 bits per heavy atom. The Balaban J connectivity index is 1.63. The Morgan fingerprint density at radius 3 is 2.11 bits per heavy atom. The van der Waals surface area contributed by atoms with Crippen LogP contribution >= 0.6 is 0 Å². The van der Waals surface area contributed by atoms with E-state index in [0.717, 1.165) is 25.7 Å². The number of hydrogen-bond donors (Lipinski definition) is 4. The largest absolute Gasteiger partial charge is 0.345 e. The van der Waals surface area contributed by atoms with Gasteiger partial charge in [0.05, 0.1) is 5.69 Å². The molecule has 2 aliphatic rings. The van der Waals surface area contributed by atoms with E-state index in [1.54, 1.807) is 6.07 Å². The average molecular weight is 489 g/mol. The second-order valence-electron chi connectivity index (χ2n) is 11.3. The Morgan fingerprint density at radius 2 is 1.54 bits per heavy atom. The summed E-state index contributed by atoms with van der Waals surface area (Å²) in [6.45, 7) is 8.03. The lowest BCUT2D eigenvalue weighted by Gasteiger charge is -2.39. The summed E-state index contributed by atoms with van der Waals surface area (Å²) in [6, 6.07) is 1.67. The van der Waals surface area contributed by atoms with E-state index in [4.69, 9.17) is 0 Å². The Bertz CT molecular complexity index is 863. The molecule has 4 N–H and O–H groups in total. The van der Waals surface area contributed by atoms with E-state index in [0.29, 0.717) is 17.9 Å². The molecule has 1 aliphatic carbocycles. The number of carbonyl (C=O) groups excluding carboxylic acids is 3. The second-order valence-corrected chi connectivity index (χ2v) is 11.3. The van der Waals surface area contributed by atoms with Crippen LogP contribution in [0.5, 0.6) is 0 Å². The van der Waals surface area contributed by atoms with Crippen molar-refractivity contribution >= 4 is 23.5 Å². The van der Waals surface area contributed by atoms with Crippen LogP contribution < -0.4 is 21.3 Å². The third kappa shape index (κ3) is 8.33. The van der Waals surface area contributed by atoms with E-state index in [1.165, 1.54) is 49.6 Å². The fraction of sp³-hybridized carbons (Fsp3) is 0.769. The zero-order valence-electron chi connectivity index (χ0n) is 21.9. The summed E-state index contributed by atoms with van der Waals surface area (Å²) in [5, 5.41) is 16.4. The van der Waals surface area contributed by atoms with Gasteiger partial charge in [0.1, 0.15) is 5.82 Å². The fourth-order valence-electron chi connectivity index (χ4n) is 4.91. The average Bonchev–Trinajstić information content (AvgIpc) is 3.14. The van der Waals surface area contributed by atoms with Crippen molar-refractivity contribution in [3.05, 3.63) is 11.8 Å². The van der Waals surface area contributed by atoms with Crippen LogP contribution in [-0.2, 0) is 14.4 Å². The van der Waals surface area contributed by atoms with E-state index in [-0.39, 0.29) is 23.4 Å². The zero-order valence-corrected chi connectivity index (χ0v) is 21.9. The van der Waals surface area contributed by atoms with Gasteiger partial charge >= 0.3 is 11.8 Å². The quantitative estimate of drug-likeness (QED) is 0.482. The van der Waals surface area contributed by atoms with Gasteiger partial charge in [0.25, 0.3) is 0 Å². The number of aryl methyl sites for hydroxylation is 1. The number of hydrogen-bond acceptors (Lipinski definition) is 5. The van der Waals surface area contributed by atoms with Crippen LogP contribution in [0.4, 0.5) is 5.82 Å². The van der Waals surface area contributed by atoms with Gasteiger partial charge in [0.2, 0.25) is 5.91 Å². The molecule has 9 nitrogen and oxygen atoms in total. The van der Waals surface area contributed by atoms with Crippen LogP contribution in [-0.4, -0.2) is 39.6 Å². The van der Waals surface area contributed by atoms with Crippen LogP contribution in [0.25, 0.3) is 0 Å². The molecule has 35 heavy (non-hydrogen) atoms. The molecule has 1 aromatic heterocycles. The number of nitrogens with one attached hydrogen (secondary N) is 4. The molecule has 196 valence electrons. The minimum atomic E-state index is -0.716. The molecule has 2 fully saturated rings. The predicted octanol–water partition coefficient (Wildman–Crippen LogP) is 3.90. The minimum absolute atomic E-state index is 0.0196. The molecule has 1 aromatic rings. The molecule has 2 unspecified atom stereocenters. The van der Waals surface area contributed by atoms with Crippen LogP contribution in [0.3, 0.4) is 0 Å². The highest BCUT2D eigenvalue weighted by Gasteiger charge is 2.35. The van der Waals surface area contributed by atoms with Crippen LogP contribution in [0.15, 0.2) is 6.07 Å². The van der Waals surface area contributed by atoms with Crippen molar-refractivity contribution in [2.45, 2.75) is 123 Å². The van der Waals surface area contributed by atoms with Gasteiger partial charge in [-0.3, -0.25) is 19.7 Å². The molecule has 1 aliphatic heterocycles. The van der Waals surface area contributed by atoms with Gasteiger partial charge in [-0.2, -0.15) is 5.10 Å². The smallest absolute Gasteiger partial charge is 0.314 e. The number of nitrogens with zero attached hydrogens (tertiary/aromatic N) is 2. The maximum Gasteiger partial charge on any atom is 0.314 e. The SMILES string of the molecule is Cc1cc(NC(=O)C(=O)NC2CCCCCCCCCCC2)n(C2NC(=O)CC(C(C)(C)C)N2)n1. The van der Waals surface area contributed by atoms with Gasteiger partial charge < -0.3 is 16.0 Å². The molecule has 0 radical (unpaired) electrons. The number of aromatic nitrogens is 2. The first-order chi connectivity index (χ1) is 16.6. The molecule has 2 heterocycles. The molecule has 1 saturated heterocycles. The molecule has 3 amide bonds. The predicted molar refractivity (Wildman–Crippen MR) is 136 cm³/mol. The van der Waals surface area contributed by atoms with Crippen molar-refractivity contribution in [3.8, 4) is 0 Å². The molecular formula is C26H44N6O3. The molecule has 9 heteroatoms. The first-order valence-electron chi connectivity index (χ1n) is 13.4. The lowest BCUT2D eigenvalue weighted by molar-refractivity contribution is -0.136. The van der Waals surface area contributed by atoms with Crippen LogP contribution in [0.1, 0.15) is 110 Å². The standard InChI is InChI=1S/C26H44N6O3/c1-18-16-21(32(31-18)25-28-20(26(2,3)4)17-22(33)30-25)29-24(35)23(34)27-19-14-12-10-8-6-5-7-9-11-13-15-19/h16,19-20,25,28H,5-15,17H2,1-4H3,(H,27,34)(H,29,35)(H,30,33). The highest BCUT2D eigenvalue weighted by atomic mass is 16.2. The lowest BCUT2D eigenvalue weighted by atomic mass is 9.84. The highest BCUT2D eigenvalue weighted by Crippen LogP contribution is 2.27. The summed E-state index contributed by atoms with van der Waals surface area (Å²) in [5.74, 6) is -1.06. The van der Waals surface area contributed by atoms with E-state index >= 15 is 0 Å². The second kappa shape index (κ2) is 12.5. The third-order valence-corrected chi connectivity index (χ3v) is 7.08. The van der Waals surface area contributed by atoms with E-state index in [2.05, 4.69) is 47.1 Å². The van der Waals surface area contributed by atoms with E-state index < -0.39 is 18.1 Å². The summed E-state index contributed by atoms with van der Waals surface area (Å²) < 4.78 is 1.53. The van der Waals surface area contributed by atoms with E-state index in [9.17, 15) is 14.4 Å². The van der Waals surface area contributed by atoms with Gasteiger partial charge in [-0.1, -0.05) is 78.6 Å². The topological polar surface area (TPSA) is 117 Å². The Hall–Kier alpha value is -2.42. The zero-order chi connectivity index (χ0) is 25.4. The van der Waals surface area contributed by atoms with Gasteiger partial charge in [0, 0.05) is 24.6 Å². The van der Waals surface area contributed by atoms with Crippen LogP contribution in [0.2, 0.25) is 0 Å². The van der Waals surface area contributed by atoms with Gasteiger partial charge in [0.15, 0.2) is 6.29 Å². The maximum absolute atomic E-state index is 12.8. The lowest BCUT2D eigenvalue weighted by Crippen LogP contribution is -2.57. The monoisotopic (exact) mass is 488 g/mol. The molecule has 2 atom stereocenters. The van der Waals surface area contributed by atoms with Crippen molar-refractivity contribution in [3.63, 3.8) is 0 Å². The molecule has 0 spiro atoms. The van der Waals surface area contributed by atoms with Crippen molar-refractivity contribution in [2.24, 2.45) is 5.41 Å². The van der Waals surface area contributed by atoms with E-state index in [1.807, 2.05) is 6.92 Å². The summed E-state index contributed by atoms with van der Waals surface area (Å²) in [4.78, 5) is 38.0. The number of rotatable bonds is 3. The minimum Gasteiger partial charge on any atom is -0.345 e. The molecule has 0 bridgehead atoms. The molecule has 3 rings (SSSR count). The summed E-state index contributed by atoms with van der Waals surface area (Å²) in [5.41, 5.74) is 0.545. The number of anilines is 1. The summed E-state index contributed by atoms with van der Waals surface area (Å²) >= 11 is 0. The van der Waals surface area contributed by atoms with Gasteiger partial charge in [-0.25, -0.2) is 4.68 Å². The summed E-state index contributed by atoms with van der Waals surface area (Å²) in [7, 11) is 0. The molecular weight excluding hydrogens is 444 g/mol. The summed E-state index contributed by atoms with van der Waals surface area (Å²) in [6.07, 6.45) is 12.4. The third-order valence-electron chi connectivity index (χ3n) is 7.08. The Labute approximate surface area is 209 Å². The molecule has 1 saturated carbocycles. The Kier molecular flexibility index (Phi) is 9.71. The number of carbonyl (C=O) groups is 3. The van der Waals surface area contributed by atoms with Crippen molar-refractivity contribution in [2.75, 3.05) is 5.32 Å². The van der Waals surface area contributed by atoms with Crippen molar-refractivity contribution in [1.82, 2.24) is 25.7 Å². The van der Waals surface area contributed by atoms with Gasteiger partial charge in [-0.05, 0) is 25.2 Å². The first-order valence-corrected chi connectivity index (χ1v) is 13.4. The highest BCUT2D eigenvalue weighted by molar-refractivity contribution is 6.39.